The molecule has 0 radical (unpaired) electrons. The molecular formula is C21H20N2O4. The molecule has 0 fully saturated rings. The van der Waals surface area contributed by atoms with Gasteiger partial charge in [0, 0.05) is 25.9 Å². The predicted molar refractivity (Wildman–Crippen MR) is 98.8 cm³/mol. The number of hydrogen-bond donors (Lipinski definition) is 0. The number of hydrogen-bond acceptors (Lipinski definition) is 5. The van der Waals surface area contributed by atoms with Crippen molar-refractivity contribution in [2.24, 2.45) is 5.16 Å². The van der Waals surface area contributed by atoms with Gasteiger partial charge in [0.2, 0.25) is 12.9 Å². The molecule has 2 aromatic carbocycles. The standard InChI is InChI=1S/C21H20N2O4/c24-21(23-8-7-15-3-1-2-4-16(15)12-23)20-11-17(22-27-20)9-14-5-6-18-19(10-14)26-13-25-18/h1-6,10,20H,7-9,11-13H2. The molecule has 138 valence electrons. The van der Waals surface area contributed by atoms with Gasteiger partial charge >= 0.3 is 0 Å². The molecule has 6 nitrogen and oxygen atoms in total. The van der Waals surface area contributed by atoms with Crippen molar-refractivity contribution < 1.29 is 19.1 Å². The minimum absolute atomic E-state index is 0.0222. The summed E-state index contributed by atoms with van der Waals surface area (Å²) < 4.78 is 10.8. The number of rotatable bonds is 3. The maximum Gasteiger partial charge on any atom is 0.267 e. The van der Waals surface area contributed by atoms with Crippen LogP contribution in [-0.2, 0) is 29.0 Å². The van der Waals surface area contributed by atoms with Crippen LogP contribution in [0.3, 0.4) is 0 Å². The SMILES string of the molecule is O=C(C1CC(Cc2ccc3c(c2)OCO3)=NO1)N1CCc2ccccc2C1. The maximum atomic E-state index is 12.9. The second-order valence-electron chi connectivity index (χ2n) is 7.10. The summed E-state index contributed by atoms with van der Waals surface area (Å²) in [7, 11) is 0. The summed E-state index contributed by atoms with van der Waals surface area (Å²) in [5.41, 5.74) is 4.50. The van der Waals surface area contributed by atoms with E-state index in [0.717, 1.165) is 35.7 Å². The molecule has 2 aromatic rings. The van der Waals surface area contributed by atoms with Crippen molar-refractivity contribution in [3.05, 3.63) is 59.2 Å². The van der Waals surface area contributed by atoms with E-state index in [4.69, 9.17) is 14.3 Å². The number of ether oxygens (including phenoxy) is 2. The Labute approximate surface area is 157 Å². The molecule has 0 saturated carbocycles. The molecule has 0 N–H and O–H groups in total. The van der Waals surface area contributed by atoms with Crippen LogP contribution in [0.1, 0.15) is 23.1 Å². The van der Waals surface area contributed by atoms with Gasteiger partial charge in [-0.05, 0) is 35.2 Å². The highest BCUT2D eigenvalue weighted by Gasteiger charge is 2.33. The molecule has 3 aliphatic rings. The van der Waals surface area contributed by atoms with Crippen molar-refractivity contribution in [3.63, 3.8) is 0 Å². The van der Waals surface area contributed by atoms with Crippen LogP contribution in [0.4, 0.5) is 0 Å². The van der Waals surface area contributed by atoms with Crippen LogP contribution < -0.4 is 9.47 Å². The molecule has 0 aromatic heterocycles. The molecule has 27 heavy (non-hydrogen) atoms. The predicted octanol–water partition coefficient (Wildman–Crippen LogP) is 2.69. The topological polar surface area (TPSA) is 60.4 Å². The highest BCUT2D eigenvalue weighted by atomic mass is 16.7. The van der Waals surface area contributed by atoms with Gasteiger partial charge in [-0.3, -0.25) is 4.79 Å². The number of oxime groups is 1. The first-order chi connectivity index (χ1) is 13.3. The normalized spacial score (nSPS) is 20.1. The Bertz CT molecular complexity index is 924. The number of amides is 1. The second kappa shape index (κ2) is 6.61. The number of carbonyl (C=O) groups is 1. The fraction of sp³-hybridized carbons (Fsp3) is 0.333. The van der Waals surface area contributed by atoms with Gasteiger partial charge in [-0.15, -0.1) is 0 Å². The van der Waals surface area contributed by atoms with Gasteiger partial charge in [0.1, 0.15) is 0 Å². The molecule has 0 aliphatic carbocycles. The van der Waals surface area contributed by atoms with Gasteiger partial charge in [-0.2, -0.15) is 0 Å². The third-order valence-electron chi connectivity index (χ3n) is 5.29. The minimum Gasteiger partial charge on any atom is -0.454 e. The Morgan fingerprint density at radius 3 is 2.89 bits per heavy atom. The van der Waals surface area contributed by atoms with Gasteiger partial charge in [0.15, 0.2) is 11.5 Å². The summed E-state index contributed by atoms with van der Waals surface area (Å²) in [6.45, 7) is 1.64. The first-order valence-corrected chi connectivity index (χ1v) is 9.22. The first kappa shape index (κ1) is 16.2. The van der Waals surface area contributed by atoms with Crippen LogP contribution in [0, 0.1) is 0 Å². The highest BCUT2D eigenvalue weighted by Crippen LogP contribution is 2.33. The van der Waals surface area contributed by atoms with Crippen LogP contribution >= 0.6 is 0 Å². The number of fused-ring (bicyclic) bond motifs is 2. The van der Waals surface area contributed by atoms with Crippen LogP contribution in [0.2, 0.25) is 0 Å². The van der Waals surface area contributed by atoms with Gasteiger partial charge in [-0.25, -0.2) is 0 Å². The zero-order valence-corrected chi connectivity index (χ0v) is 14.9. The molecule has 0 saturated heterocycles. The molecular weight excluding hydrogens is 344 g/mol. The number of carbonyl (C=O) groups excluding carboxylic acids is 1. The van der Waals surface area contributed by atoms with E-state index in [9.17, 15) is 4.79 Å². The van der Waals surface area contributed by atoms with Crippen molar-refractivity contribution in [2.75, 3.05) is 13.3 Å². The Balaban J connectivity index is 1.21. The Hall–Kier alpha value is -3.02. The number of nitrogens with zero attached hydrogens (tertiary/aromatic N) is 2. The maximum absolute atomic E-state index is 12.9. The monoisotopic (exact) mass is 364 g/mol. The summed E-state index contributed by atoms with van der Waals surface area (Å²) in [4.78, 5) is 20.2. The summed E-state index contributed by atoms with van der Waals surface area (Å²) in [5.74, 6) is 1.54. The van der Waals surface area contributed by atoms with Crippen LogP contribution in [-0.4, -0.2) is 36.0 Å². The van der Waals surface area contributed by atoms with E-state index in [-0.39, 0.29) is 12.7 Å². The van der Waals surface area contributed by atoms with Crippen LogP contribution in [0.25, 0.3) is 0 Å². The summed E-state index contributed by atoms with van der Waals surface area (Å²) >= 11 is 0. The highest BCUT2D eigenvalue weighted by molar-refractivity contribution is 5.94. The van der Waals surface area contributed by atoms with E-state index in [0.29, 0.717) is 19.4 Å². The van der Waals surface area contributed by atoms with Crippen LogP contribution in [0.5, 0.6) is 11.5 Å². The molecule has 0 spiro atoms. The van der Waals surface area contributed by atoms with Gasteiger partial charge < -0.3 is 19.2 Å². The lowest BCUT2D eigenvalue weighted by Crippen LogP contribution is -2.42. The quantitative estimate of drug-likeness (QED) is 0.840. The molecule has 3 heterocycles. The molecule has 1 amide bonds. The van der Waals surface area contributed by atoms with E-state index in [1.54, 1.807) is 0 Å². The average molecular weight is 364 g/mol. The zero-order chi connectivity index (χ0) is 18.2. The molecule has 1 unspecified atom stereocenters. The fourth-order valence-corrected chi connectivity index (χ4v) is 3.84. The molecule has 0 bridgehead atoms. The third kappa shape index (κ3) is 3.12. The van der Waals surface area contributed by atoms with Crippen molar-refractivity contribution >= 4 is 11.6 Å². The van der Waals surface area contributed by atoms with Crippen molar-refractivity contribution in [1.82, 2.24) is 4.90 Å². The molecule has 3 aliphatic heterocycles. The summed E-state index contributed by atoms with van der Waals surface area (Å²) in [6, 6.07) is 14.1. The molecule has 1 atom stereocenters. The average Bonchev–Trinajstić information content (AvgIpc) is 3.36. The molecule has 5 rings (SSSR count). The Morgan fingerprint density at radius 2 is 1.96 bits per heavy atom. The summed E-state index contributed by atoms with van der Waals surface area (Å²) in [6.07, 6.45) is 1.55. The minimum atomic E-state index is -0.515. The van der Waals surface area contributed by atoms with E-state index in [2.05, 4.69) is 17.3 Å². The number of benzene rings is 2. The first-order valence-electron chi connectivity index (χ1n) is 9.22. The summed E-state index contributed by atoms with van der Waals surface area (Å²) in [5, 5.41) is 4.16. The fourth-order valence-electron chi connectivity index (χ4n) is 3.84. The van der Waals surface area contributed by atoms with E-state index in [1.807, 2.05) is 35.2 Å². The van der Waals surface area contributed by atoms with E-state index in [1.165, 1.54) is 11.1 Å². The lowest BCUT2D eigenvalue weighted by molar-refractivity contribution is -0.143. The Morgan fingerprint density at radius 1 is 1.11 bits per heavy atom. The lowest BCUT2D eigenvalue weighted by Gasteiger charge is -2.30. The lowest BCUT2D eigenvalue weighted by atomic mass is 9.98. The largest absolute Gasteiger partial charge is 0.454 e. The van der Waals surface area contributed by atoms with Crippen molar-refractivity contribution in [1.29, 1.82) is 0 Å². The van der Waals surface area contributed by atoms with E-state index < -0.39 is 6.10 Å². The second-order valence-corrected chi connectivity index (χ2v) is 7.10. The van der Waals surface area contributed by atoms with E-state index >= 15 is 0 Å². The van der Waals surface area contributed by atoms with Crippen molar-refractivity contribution in [2.45, 2.75) is 31.9 Å². The third-order valence-corrected chi connectivity index (χ3v) is 5.29. The van der Waals surface area contributed by atoms with Gasteiger partial charge in [-0.1, -0.05) is 35.5 Å². The Kier molecular flexibility index (Phi) is 3.96. The zero-order valence-electron chi connectivity index (χ0n) is 14.9. The van der Waals surface area contributed by atoms with Gasteiger partial charge in [0.25, 0.3) is 5.91 Å². The van der Waals surface area contributed by atoms with Crippen LogP contribution in [0.15, 0.2) is 47.6 Å². The van der Waals surface area contributed by atoms with Crippen molar-refractivity contribution in [3.8, 4) is 11.5 Å². The molecule has 6 heteroatoms. The van der Waals surface area contributed by atoms with Gasteiger partial charge in [0.05, 0.1) is 5.71 Å². The smallest absolute Gasteiger partial charge is 0.267 e.